The number of benzene rings is 2. The molecule has 3 aromatic rings. The van der Waals surface area contributed by atoms with Crippen molar-refractivity contribution in [1.82, 2.24) is 4.57 Å². The maximum atomic E-state index is 11.6. The van der Waals surface area contributed by atoms with Gasteiger partial charge in [-0.1, -0.05) is 56.3 Å². The van der Waals surface area contributed by atoms with Crippen LogP contribution in [0.4, 0.5) is 0 Å². The van der Waals surface area contributed by atoms with E-state index in [4.69, 9.17) is 0 Å². The van der Waals surface area contributed by atoms with E-state index in [9.17, 15) is 20.4 Å². The molecule has 0 atom stereocenters. The predicted octanol–water partition coefficient (Wildman–Crippen LogP) is 4.83. The standard InChI is InChI=1S/C20H13N3O2.C2H6/c1-23-12-16(11-22)18(19(23)20(24)25)14-8-6-13(7-9-14)17-5-3-2-4-15(17)10-21;1-2/h2-9,12H,1H3,(H,24,25);1-2H3. The molecule has 0 unspecified atom stereocenters. The zero-order chi connectivity index (χ0) is 20.0. The molecule has 0 bridgehead atoms. The van der Waals surface area contributed by atoms with Crippen molar-refractivity contribution in [3.05, 3.63) is 71.5 Å². The van der Waals surface area contributed by atoms with Crippen molar-refractivity contribution in [1.29, 1.82) is 10.5 Å². The van der Waals surface area contributed by atoms with Crippen LogP contribution < -0.4 is 0 Å². The molecular weight excluding hydrogens is 338 g/mol. The Morgan fingerprint density at radius 2 is 1.48 bits per heavy atom. The molecule has 1 aromatic heterocycles. The van der Waals surface area contributed by atoms with E-state index in [0.29, 0.717) is 22.3 Å². The Bertz CT molecular complexity index is 1050. The average Bonchev–Trinajstić information content (AvgIpc) is 3.06. The average molecular weight is 357 g/mol. The van der Waals surface area contributed by atoms with Gasteiger partial charge in [0.15, 0.2) is 0 Å². The summed E-state index contributed by atoms with van der Waals surface area (Å²) >= 11 is 0. The van der Waals surface area contributed by atoms with Gasteiger partial charge in [0.1, 0.15) is 11.8 Å². The second-order valence-corrected chi connectivity index (χ2v) is 5.53. The van der Waals surface area contributed by atoms with Crippen LogP contribution in [-0.2, 0) is 7.05 Å². The van der Waals surface area contributed by atoms with Gasteiger partial charge in [-0.2, -0.15) is 10.5 Å². The van der Waals surface area contributed by atoms with Crippen LogP contribution in [0.1, 0.15) is 35.5 Å². The second-order valence-electron chi connectivity index (χ2n) is 5.53. The molecule has 27 heavy (non-hydrogen) atoms. The number of nitrogens with zero attached hydrogens (tertiary/aromatic N) is 3. The van der Waals surface area contributed by atoms with E-state index >= 15 is 0 Å². The van der Waals surface area contributed by atoms with Crippen molar-refractivity contribution in [2.24, 2.45) is 7.05 Å². The fourth-order valence-electron chi connectivity index (χ4n) is 2.91. The largest absolute Gasteiger partial charge is 0.477 e. The molecule has 1 N–H and O–H groups in total. The lowest BCUT2D eigenvalue weighted by Gasteiger charge is -2.07. The number of carboxylic acids is 1. The molecule has 134 valence electrons. The van der Waals surface area contributed by atoms with Gasteiger partial charge >= 0.3 is 5.97 Å². The van der Waals surface area contributed by atoms with Crippen LogP contribution in [0.2, 0.25) is 0 Å². The van der Waals surface area contributed by atoms with Crippen LogP contribution in [0.3, 0.4) is 0 Å². The summed E-state index contributed by atoms with van der Waals surface area (Å²) in [6, 6.07) is 18.7. The van der Waals surface area contributed by atoms with Crippen molar-refractivity contribution in [3.8, 4) is 34.4 Å². The molecule has 0 spiro atoms. The fourth-order valence-corrected chi connectivity index (χ4v) is 2.91. The maximum Gasteiger partial charge on any atom is 0.353 e. The Labute approximate surface area is 158 Å². The third kappa shape index (κ3) is 3.73. The van der Waals surface area contributed by atoms with Crippen molar-refractivity contribution in [2.75, 3.05) is 0 Å². The molecule has 0 aliphatic carbocycles. The summed E-state index contributed by atoms with van der Waals surface area (Å²) in [7, 11) is 1.60. The van der Waals surface area contributed by atoms with Gasteiger partial charge in [0.05, 0.1) is 17.2 Å². The van der Waals surface area contributed by atoms with Crippen molar-refractivity contribution < 1.29 is 9.90 Å². The van der Waals surface area contributed by atoms with Crippen LogP contribution in [-0.4, -0.2) is 15.6 Å². The number of aromatic carboxylic acids is 1. The number of carboxylic acid groups (broad SMARTS) is 1. The van der Waals surface area contributed by atoms with Crippen molar-refractivity contribution in [3.63, 3.8) is 0 Å². The summed E-state index contributed by atoms with van der Waals surface area (Å²) in [4.78, 5) is 11.6. The van der Waals surface area contributed by atoms with Crippen LogP contribution in [0.25, 0.3) is 22.3 Å². The first-order valence-electron chi connectivity index (χ1n) is 8.49. The fraction of sp³-hybridized carbons (Fsp3) is 0.136. The van der Waals surface area contributed by atoms with Crippen molar-refractivity contribution in [2.45, 2.75) is 13.8 Å². The smallest absolute Gasteiger partial charge is 0.353 e. The first kappa shape index (κ1) is 19.5. The summed E-state index contributed by atoms with van der Waals surface area (Å²) in [6.07, 6.45) is 1.51. The zero-order valence-corrected chi connectivity index (χ0v) is 15.4. The van der Waals surface area contributed by atoms with E-state index in [1.165, 1.54) is 10.8 Å². The summed E-state index contributed by atoms with van der Waals surface area (Å²) in [5.41, 5.74) is 3.66. The highest BCUT2D eigenvalue weighted by Crippen LogP contribution is 2.31. The molecule has 0 saturated carbocycles. The zero-order valence-electron chi connectivity index (χ0n) is 15.4. The van der Waals surface area contributed by atoms with Crippen LogP contribution >= 0.6 is 0 Å². The Morgan fingerprint density at radius 3 is 2.04 bits per heavy atom. The third-order valence-corrected chi connectivity index (χ3v) is 4.04. The van der Waals surface area contributed by atoms with E-state index in [1.54, 1.807) is 31.3 Å². The first-order chi connectivity index (χ1) is 13.1. The van der Waals surface area contributed by atoms with Gasteiger partial charge in [0, 0.05) is 18.8 Å². The van der Waals surface area contributed by atoms with Gasteiger partial charge < -0.3 is 9.67 Å². The molecule has 3 rings (SSSR count). The highest BCUT2D eigenvalue weighted by molar-refractivity contribution is 5.97. The Kier molecular flexibility index (Phi) is 6.14. The van der Waals surface area contributed by atoms with E-state index in [1.807, 2.05) is 44.2 Å². The minimum absolute atomic E-state index is 0.0710. The first-order valence-corrected chi connectivity index (χ1v) is 8.49. The van der Waals surface area contributed by atoms with Gasteiger partial charge in [-0.3, -0.25) is 0 Å². The van der Waals surface area contributed by atoms with Crippen LogP contribution in [0.5, 0.6) is 0 Å². The van der Waals surface area contributed by atoms with Gasteiger partial charge in [0.25, 0.3) is 0 Å². The minimum Gasteiger partial charge on any atom is -0.477 e. The van der Waals surface area contributed by atoms with Gasteiger partial charge in [0.2, 0.25) is 0 Å². The quantitative estimate of drug-likeness (QED) is 0.727. The lowest BCUT2D eigenvalue weighted by molar-refractivity contribution is 0.0687. The monoisotopic (exact) mass is 357 g/mol. The van der Waals surface area contributed by atoms with E-state index < -0.39 is 5.97 Å². The molecule has 5 heteroatoms. The molecule has 0 saturated heterocycles. The Balaban J connectivity index is 0.00000126. The highest BCUT2D eigenvalue weighted by atomic mass is 16.4. The van der Waals surface area contributed by atoms with Crippen molar-refractivity contribution >= 4 is 5.97 Å². The maximum absolute atomic E-state index is 11.6. The molecule has 5 nitrogen and oxygen atoms in total. The summed E-state index contributed by atoms with van der Waals surface area (Å²) in [6.45, 7) is 4.00. The molecule has 1 heterocycles. The summed E-state index contributed by atoms with van der Waals surface area (Å²) in [5.74, 6) is -1.09. The lowest BCUT2D eigenvalue weighted by atomic mass is 9.96. The van der Waals surface area contributed by atoms with Crippen LogP contribution in [0, 0.1) is 22.7 Å². The number of carbonyl (C=O) groups is 1. The Hall–Kier alpha value is -3.83. The topological polar surface area (TPSA) is 89.8 Å². The third-order valence-electron chi connectivity index (χ3n) is 4.04. The summed E-state index contributed by atoms with van der Waals surface area (Å²) in [5, 5.41) is 28.0. The molecule has 0 aliphatic rings. The SMILES string of the molecule is CC.Cn1cc(C#N)c(-c2ccc(-c3ccccc3C#N)cc2)c1C(=O)O. The Morgan fingerprint density at radius 1 is 0.926 bits per heavy atom. The molecule has 0 fully saturated rings. The van der Waals surface area contributed by atoms with Gasteiger partial charge in [-0.05, 0) is 22.8 Å². The summed E-state index contributed by atoms with van der Waals surface area (Å²) < 4.78 is 1.44. The molecule has 2 aromatic carbocycles. The lowest BCUT2D eigenvalue weighted by Crippen LogP contribution is -2.05. The van der Waals surface area contributed by atoms with Gasteiger partial charge in [-0.15, -0.1) is 0 Å². The molecular formula is C22H19N3O2. The van der Waals surface area contributed by atoms with Crippen LogP contribution in [0.15, 0.2) is 54.7 Å². The second kappa shape index (κ2) is 8.51. The number of rotatable bonds is 3. The van der Waals surface area contributed by atoms with Gasteiger partial charge in [-0.25, -0.2) is 4.79 Å². The number of hydrogen-bond acceptors (Lipinski definition) is 3. The minimum atomic E-state index is -1.09. The molecule has 0 radical (unpaired) electrons. The predicted molar refractivity (Wildman–Crippen MR) is 104 cm³/mol. The highest BCUT2D eigenvalue weighted by Gasteiger charge is 2.21. The number of aryl methyl sites for hydroxylation is 1. The number of aromatic nitrogens is 1. The van der Waals surface area contributed by atoms with E-state index in [2.05, 4.69) is 6.07 Å². The van der Waals surface area contributed by atoms with E-state index in [0.717, 1.165) is 11.1 Å². The van der Waals surface area contributed by atoms with E-state index in [-0.39, 0.29) is 5.69 Å². The normalized spacial score (nSPS) is 9.52. The molecule has 0 aliphatic heterocycles. The molecule has 0 amide bonds. The number of nitriles is 2. The number of hydrogen-bond donors (Lipinski definition) is 1.